The summed E-state index contributed by atoms with van der Waals surface area (Å²) in [6, 6.07) is 10.4. The molecule has 0 atom stereocenters. The zero-order valence-electron chi connectivity index (χ0n) is 11.1. The Morgan fingerprint density at radius 2 is 2.00 bits per heavy atom. The largest absolute Gasteiger partial charge is 0.340 e. The summed E-state index contributed by atoms with van der Waals surface area (Å²) in [5, 5.41) is 4.11. The fourth-order valence-corrected chi connectivity index (χ4v) is 2.59. The first kappa shape index (κ1) is 14.1. The van der Waals surface area contributed by atoms with Crippen LogP contribution in [0.15, 0.2) is 47.6 Å². The van der Waals surface area contributed by atoms with Crippen LogP contribution in [0.1, 0.15) is 0 Å². The topological polar surface area (TPSA) is 37.8 Å². The molecule has 21 heavy (non-hydrogen) atoms. The van der Waals surface area contributed by atoms with Gasteiger partial charge in [0.2, 0.25) is 0 Å². The molecule has 1 N–H and O–H groups in total. The van der Waals surface area contributed by atoms with E-state index in [0.29, 0.717) is 11.5 Å². The summed E-state index contributed by atoms with van der Waals surface area (Å²) in [5.41, 5.74) is 1.53. The second kappa shape index (κ2) is 5.87. The van der Waals surface area contributed by atoms with Crippen molar-refractivity contribution in [2.24, 2.45) is 0 Å². The molecule has 0 amide bonds. The first-order valence-electron chi connectivity index (χ1n) is 6.18. The van der Waals surface area contributed by atoms with Gasteiger partial charge >= 0.3 is 0 Å². The minimum absolute atomic E-state index is 0.0723. The number of fused-ring (bicyclic) bond motifs is 1. The SMILES string of the molecule is CSc1ccc2c(Nc3ccc(F)c(Cl)c3)ncnc2c1. The van der Waals surface area contributed by atoms with E-state index >= 15 is 0 Å². The van der Waals surface area contributed by atoms with Crippen molar-refractivity contribution in [3.63, 3.8) is 0 Å². The number of rotatable bonds is 3. The van der Waals surface area contributed by atoms with Crippen LogP contribution in [-0.2, 0) is 0 Å². The van der Waals surface area contributed by atoms with Gasteiger partial charge in [-0.05, 0) is 42.7 Å². The van der Waals surface area contributed by atoms with Gasteiger partial charge < -0.3 is 5.32 Å². The van der Waals surface area contributed by atoms with E-state index < -0.39 is 5.82 Å². The maximum Gasteiger partial charge on any atom is 0.141 e. The summed E-state index contributed by atoms with van der Waals surface area (Å²) in [5.74, 6) is 0.217. The highest BCUT2D eigenvalue weighted by atomic mass is 35.5. The van der Waals surface area contributed by atoms with Crippen LogP contribution in [-0.4, -0.2) is 16.2 Å². The highest BCUT2D eigenvalue weighted by molar-refractivity contribution is 7.98. The molecule has 0 unspecified atom stereocenters. The number of halogens is 2. The molecule has 3 nitrogen and oxygen atoms in total. The van der Waals surface area contributed by atoms with Crippen molar-refractivity contribution in [3.8, 4) is 0 Å². The van der Waals surface area contributed by atoms with Gasteiger partial charge in [-0.25, -0.2) is 14.4 Å². The molecule has 1 heterocycles. The van der Waals surface area contributed by atoms with Crippen LogP contribution in [0.25, 0.3) is 10.9 Å². The Balaban J connectivity index is 2.02. The van der Waals surface area contributed by atoms with Gasteiger partial charge in [0.05, 0.1) is 10.5 Å². The van der Waals surface area contributed by atoms with Gasteiger partial charge in [-0.2, -0.15) is 0 Å². The smallest absolute Gasteiger partial charge is 0.141 e. The van der Waals surface area contributed by atoms with Crippen molar-refractivity contribution in [2.45, 2.75) is 4.90 Å². The van der Waals surface area contributed by atoms with E-state index in [-0.39, 0.29) is 5.02 Å². The zero-order chi connectivity index (χ0) is 14.8. The predicted molar refractivity (Wildman–Crippen MR) is 86.0 cm³/mol. The minimum Gasteiger partial charge on any atom is -0.340 e. The Morgan fingerprint density at radius 3 is 2.76 bits per heavy atom. The molecule has 3 rings (SSSR count). The standard InChI is InChI=1S/C15H11ClFN3S/c1-21-10-3-4-11-14(7-10)18-8-19-15(11)20-9-2-5-13(17)12(16)6-9/h2-8H,1H3,(H,18,19,20). The molecule has 0 spiro atoms. The van der Waals surface area contributed by atoms with Crippen LogP contribution in [0.5, 0.6) is 0 Å². The molecule has 106 valence electrons. The number of benzene rings is 2. The van der Waals surface area contributed by atoms with Gasteiger partial charge in [-0.3, -0.25) is 0 Å². The van der Waals surface area contributed by atoms with Crippen molar-refractivity contribution >= 4 is 45.8 Å². The Hall–Kier alpha value is -1.85. The van der Waals surface area contributed by atoms with Gasteiger partial charge in [-0.15, -0.1) is 11.8 Å². The highest BCUT2D eigenvalue weighted by Gasteiger charge is 2.06. The minimum atomic E-state index is -0.445. The fourth-order valence-electron chi connectivity index (χ4n) is 1.97. The lowest BCUT2D eigenvalue weighted by Crippen LogP contribution is -1.96. The molecule has 0 fully saturated rings. The third-order valence-corrected chi connectivity index (χ3v) is 4.04. The third-order valence-electron chi connectivity index (χ3n) is 3.03. The number of aromatic nitrogens is 2. The van der Waals surface area contributed by atoms with Crippen LogP contribution in [0.4, 0.5) is 15.9 Å². The summed E-state index contributed by atoms with van der Waals surface area (Å²) < 4.78 is 13.2. The van der Waals surface area contributed by atoms with Crippen LogP contribution < -0.4 is 5.32 Å². The Morgan fingerprint density at radius 1 is 1.14 bits per heavy atom. The number of hydrogen-bond acceptors (Lipinski definition) is 4. The summed E-state index contributed by atoms with van der Waals surface area (Å²) in [6.45, 7) is 0. The van der Waals surface area contributed by atoms with Gasteiger partial charge in [0, 0.05) is 16.0 Å². The molecule has 2 aromatic carbocycles. The van der Waals surface area contributed by atoms with E-state index in [9.17, 15) is 4.39 Å². The lowest BCUT2D eigenvalue weighted by atomic mass is 10.2. The number of thioether (sulfide) groups is 1. The average molecular weight is 320 g/mol. The van der Waals surface area contributed by atoms with Crippen LogP contribution >= 0.6 is 23.4 Å². The van der Waals surface area contributed by atoms with Crippen LogP contribution in [0.2, 0.25) is 5.02 Å². The number of nitrogens with zero attached hydrogens (tertiary/aromatic N) is 2. The molecule has 3 aromatic rings. The number of hydrogen-bond donors (Lipinski definition) is 1. The summed E-state index contributed by atoms with van der Waals surface area (Å²) in [4.78, 5) is 9.65. The lowest BCUT2D eigenvalue weighted by Gasteiger charge is -2.09. The number of nitrogens with one attached hydrogen (secondary N) is 1. The molecule has 0 aliphatic carbocycles. The molecular formula is C15H11ClFN3S. The molecule has 0 saturated heterocycles. The molecule has 0 radical (unpaired) electrons. The second-order valence-corrected chi connectivity index (χ2v) is 5.65. The summed E-state index contributed by atoms with van der Waals surface area (Å²) in [6.07, 6.45) is 3.52. The Labute approximate surface area is 130 Å². The highest BCUT2D eigenvalue weighted by Crippen LogP contribution is 2.27. The van der Waals surface area contributed by atoms with Crippen LogP contribution in [0.3, 0.4) is 0 Å². The third kappa shape index (κ3) is 2.94. The van der Waals surface area contributed by atoms with Crippen molar-refractivity contribution < 1.29 is 4.39 Å². The van der Waals surface area contributed by atoms with E-state index in [0.717, 1.165) is 15.8 Å². The molecule has 0 aliphatic heterocycles. The first-order valence-corrected chi connectivity index (χ1v) is 7.78. The van der Waals surface area contributed by atoms with E-state index in [1.165, 1.54) is 18.5 Å². The summed E-state index contributed by atoms with van der Waals surface area (Å²) >= 11 is 7.44. The van der Waals surface area contributed by atoms with E-state index in [4.69, 9.17) is 11.6 Å². The molecule has 1 aromatic heterocycles. The monoisotopic (exact) mass is 319 g/mol. The van der Waals surface area contributed by atoms with Crippen molar-refractivity contribution in [1.82, 2.24) is 9.97 Å². The van der Waals surface area contributed by atoms with E-state index in [1.807, 2.05) is 24.5 Å². The Bertz CT molecular complexity index is 810. The molecule has 6 heteroatoms. The quantitative estimate of drug-likeness (QED) is 0.698. The van der Waals surface area contributed by atoms with Crippen molar-refractivity contribution in [3.05, 3.63) is 53.6 Å². The van der Waals surface area contributed by atoms with Gasteiger partial charge in [0.15, 0.2) is 0 Å². The van der Waals surface area contributed by atoms with Crippen LogP contribution in [0, 0.1) is 5.82 Å². The Kier molecular flexibility index (Phi) is 3.94. The first-order chi connectivity index (χ1) is 10.2. The molecule has 0 saturated carbocycles. The summed E-state index contributed by atoms with van der Waals surface area (Å²) in [7, 11) is 0. The van der Waals surface area contributed by atoms with Crippen molar-refractivity contribution in [1.29, 1.82) is 0 Å². The normalized spacial score (nSPS) is 10.8. The van der Waals surface area contributed by atoms with Crippen molar-refractivity contribution in [2.75, 3.05) is 11.6 Å². The maximum atomic E-state index is 13.2. The average Bonchev–Trinajstić information content (AvgIpc) is 2.50. The number of anilines is 2. The second-order valence-electron chi connectivity index (χ2n) is 4.36. The van der Waals surface area contributed by atoms with Gasteiger partial charge in [0.1, 0.15) is 18.0 Å². The van der Waals surface area contributed by atoms with Gasteiger partial charge in [-0.1, -0.05) is 11.6 Å². The zero-order valence-corrected chi connectivity index (χ0v) is 12.7. The fraction of sp³-hybridized carbons (Fsp3) is 0.0667. The molecule has 0 aliphatic rings. The lowest BCUT2D eigenvalue weighted by molar-refractivity contribution is 0.628. The maximum absolute atomic E-state index is 13.2. The van der Waals surface area contributed by atoms with E-state index in [2.05, 4.69) is 15.3 Å². The van der Waals surface area contributed by atoms with E-state index in [1.54, 1.807) is 17.8 Å². The van der Waals surface area contributed by atoms with Gasteiger partial charge in [0.25, 0.3) is 0 Å². The molecular weight excluding hydrogens is 309 g/mol. The molecule has 0 bridgehead atoms. The predicted octanol–water partition coefficient (Wildman–Crippen LogP) is 4.89.